The van der Waals surface area contributed by atoms with Gasteiger partial charge in [-0.25, -0.2) is 4.99 Å². The van der Waals surface area contributed by atoms with Crippen LogP contribution in [0, 0.1) is 0 Å². The Morgan fingerprint density at radius 1 is 1.38 bits per heavy atom. The molecule has 0 unspecified atom stereocenters. The van der Waals surface area contributed by atoms with E-state index in [4.69, 9.17) is 0 Å². The van der Waals surface area contributed by atoms with Crippen molar-refractivity contribution in [3.8, 4) is 5.75 Å². The number of benzene rings is 1. The Bertz CT molecular complexity index is 598. The fourth-order valence-corrected chi connectivity index (χ4v) is 2.03. The molecule has 0 radical (unpaired) electrons. The van der Waals surface area contributed by atoms with Crippen LogP contribution >= 0.6 is 15.9 Å². The number of halogens is 1. The number of nitrogens with zero attached hydrogens (tertiary/aromatic N) is 2. The van der Waals surface area contributed by atoms with E-state index in [1.54, 1.807) is 12.2 Å². The SMILES string of the molecule is C=C/C=C(\N=C)N/N=C/c1cc(C(C)(C)C)cc(Br)c1O. The first-order valence-corrected chi connectivity index (χ1v) is 7.20. The van der Waals surface area contributed by atoms with E-state index in [2.05, 4.69) is 65.5 Å². The average Bonchev–Trinajstić information content (AvgIpc) is 2.41. The van der Waals surface area contributed by atoms with Crippen LogP contribution in [-0.4, -0.2) is 18.0 Å². The van der Waals surface area contributed by atoms with Crippen LogP contribution in [0.15, 0.2) is 51.3 Å². The number of hydrogen-bond donors (Lipinski definition) is 2. The molecule has 0 aliphatic rings. The maximum absolute atomic E-state index is 10.1. The normalized spacial score (nSPS) is 12.5. The van der Waals surface area contributed by atoms with Crippen LogP contribution in [0.4, 0.5) is 0 Å². The summed E-state index contributed by atoms with van der Waals surface area (Å²) in [6.45, 7) is 13.3. The van der Waals surface area contributed by atoms with E-state index < -0.39 is 0 Å². The Hall–Kier alpha value is -1.88. The van der Waals surface area contributed by atoms with Crippen molar-refractivity contribution in [2.24, 2.45) is 10.1 Å². The highest BCUT2D eigenvalue weighted by Gasteiger charge is 2.17. The van der Waals surface area contributed by atoms with Crippen molar-refractivity contribution in [2.45, 2.75) is 26.2 Å². The van der Waals surface area contributed by atoms with Gasteiger partial charge in [-0.3, -0.25) is 5.43 Å². The van der Waals surface area contributed by atoms with Crippen LogP contribution in [0.5, 0.6) is 5.75 Å². The predicted molar refractivity (Wildman–Crippen MR) is 93.1 cm³/mol. The van der Waals surface area contributed by atoms with Crippen LogP contribution in [0.3, 0.4) is 0 Å². The molecule has 0 amide bonds. The first-order chi connectivity index (χ1) is 9.79. The van der Waals surface area contributed by atoms with Gasteiger partial charge in [0.15, 0.2) is 0 Å². The fourth-order valence-electron chi connectivity index (χ4n) is 1.56. The molecule has 0 saturated heterocycles. The number of hydrazone groups is 1. The third-order valence-corrected chi connectivity index (χ3v) is 3.39. The van der Waals surface area contributed by atoms with E-state index in [0.29, 0.717) is 15.9 Å². The van der Waals surface area contributed by atoms with Gasteiger partial charge in [0.1, 0.15) is 11.6 Å². The number of allylic oxidation sites excluding steroid dienone is 2. The van der Waals surface area contributed by atoms with Crippen molar-refractivity contribution in [3.63, 3.8) is 0 Å². The van der Waals surface area contributed by atoms with Crippen LogP contribution in [-0.2, 0) is 5.41 Å². The fraction of sp³-hybridized carbons (Fsp3) is 0.250. The number of aromatic hydroxyl groups is 1. The summed E-state index contributed by atoms with van der Waals surface area (Å²) in [7, 11) is 0. The second kappa shape index (κ2) is 7.22. The standard InChI is InChI=1S/C16H20BrN3O/c1-6-7-14(18-5)20-19-10-11-8-12(16(2,3)4)9-13(17)15(11)21/h6-10,20-21H,1,5H2,2-4H3/b14-7+,19-10+. The zero-order valence-electron chi connectivity index (χ0n) is 12.5. The molecule has 0 heterocycles. The first kappa shape index (κ1) is 17.2. The summed E-state index contributed by atoms with van der Waals surface area (Å²) >= 11 is 3.36. The average molecular weight is 350 g/mol. The lowest BCUT2D eigenvalue weighted by Crippen LogP contribution is -2.12. The number of hydrogen-bond acceptors (Lipinski definition) is 4. The number of nitrogens with one attached hydrogen (secondary N) is 1. The first-order valence-electron chi connectivity index (χ1n) is 6.41. The number of rotatable bonds is 5. The molecule has 1 rings (SSSR count). The smallest absolute Gasteiger partial charge is 0.145 e. The second-order valence-electron chi connectivity index (χ2n) is 5.46. The number of aliphatic imine (C=N–C) groups is 1. The van der Waals surface area contributed by atoms with Gasteiger partial charge < -0.3 is 5.11 Å². The van der Waals surface area contributed by atoms with E-state index in [9.17, 15) is 5.11 Å². The van der Waals surface area contributed by atoms with Gasteiger partial charge >= 0.3 is 0 Å². The van der Waals surface area contributed by atoms with E-state index in [0.717, 1.165) is 5.56 Å². The van der Waals surface area contributed by atoms with Crippen LogP contribution in [0.2, 0.25) is 0 Å². The van der Waals surface area contributed by atoms with Crippen molar-refractivity contribution in [2.75, 3.05) is 0 Å². The van der Waals surface area contributed by atoms with Crippen LogP contribution in [0.1, 0.15) is 31.9 Å². The van der Waals surface area contributed by atoms with Gasteiger partial charge in [0, 0.05) is 5.56 Å². The minimum atomic E-state index is -0.0250. The van der Waals surface area contributed by atoms with E-state index in [-0.39, 0.29) is 11.2 Å². The van der Waals surface area contributed by atoms with Gasteiger partial charge in [-0.05, 0) is 51.8 Å². The molecular weight excluding hydrogens is 330 g/mol. The highest BCUT2D eigenvalue weighted by Crippen LogP contribution is 2.33. The highest BCUT2D eigenvalue weighted by atomic mass is 79.9. The van der Waals surface area contributed by atoms with Gasteiger partial charge in [0.25, 0.3) is 0 Å². The molecule has 0 saturated carbocycles. The topological polar surface area (TPSA) is 57.0 Å². The van der Waals surface area contributed by atoms with Crippen molar-refractivity contribution >= 4 is 28.9 Å². The van der Waals surface area contributed by atoms with E-state index in [1.807, 2.05) is 12.1 Å². The maximum atomic E-state index is 10.1. The molecule has 0 aliphatic carbocycles. The Kier molecular flexibility index (Phi) is 5.90. The summed E-state index contributed by atoms with van der Waals surface area (Å²) in [6, 6.07) is 3.82. The molecule has 21 heavy (non-hydrogen) atoms. The molecule has 0 aromatic heterocycles. The number of phenols is 1. The van der Waals surface area contributed by atoms with Crippen molar-refractivity contribution in [1.29, 1.82) is 0 Å². The summed E-state index contributed by atoms with van der Waals surface area (Å²) in [4.78, 5) is 3.75. The van der Waals surface area contributed by atoms with Crippen LogP contribution < -0.4 is 5.43 Å². The van der Waals surface area contributed by atoms with E-state index >= 15 is 0 Å². The Labute approximate surface area is 134 Å². The molecule has 2 N–H and O–H groups in total. The van der Waals surface area contributed by atoms with E-state index in [1.165, 1.54) is 6.21 Å². The molecule has 4 nitrogen and oxygen atoms in total. The quantitative estimate of drug-likeness (QED) is 0.477. The molecule has 0 spiro atoms. The van der Waals surface area contributed by atoms with Crippen molar-refractivity contribution in [3.05, 3.63) is 52.3 Å². The maximum Gasteiger partial charge on any atom is 0.145 e. The third kappa shape index (κ3) is 4.86. The molecule has 0 atom stereocenters. The molecule has 0 fully saturated rings. The zero-order valence-corrected chi connectivity index (χ0v) is 14.1. The Morgan fingerprint density at radius 3 is 2.57 bits per heavy atom. The molecule has 112 valence electrons. The molecule has 5 heteroatoms. The molecule has 0 bridgehead atoms. The van der Waals surface area contributed by atoms with Crippen LogP contribution in [0.25, 0.3) is 0 Å². The summed E-state index contributed by atoms with van der Waals surface area (Å²) in [5.41, 5.74) is 4.41. The van der Waals surface area contributed by atoms with Gasteiger partial charge in [0.05, 0.1) is 10.7 Å². The highest BCUT2D eigenvalue weighted by molar-refractivity contribution is 9.10. The monoisotopic (exact) mass is 349 g/mol. The summed E-state index contributed by atoms with van der Waals surface area (Å²) in [5, 5.41) is 14.1. The van der Waals surface area contributed by atoms with Gasteiger partial charge in [0.2, 0.25) is 0 Å². The van der Waals surface area contributed by atoms with Crippen molar-refractivity contribution in [1.82, 2.24) is 5.43 Å². The Morgan fingerprint density at radius 2 is 2.05 bits per heavy atom. The second-order valence-corrected chi connectivity index (χ2v) is 6.32. The lowest BCUT2D eigenvalue weighted by molar-refractivity contribution is 0.469. The van der Waals surface area contributed by atoms with Gasteiger partial charge in [-0.2, -0.15) is 5.10 Å². The Balaban J connectivity index is 3.08. The van der Waals surface area contributed by atoms with Crippen molar-refractivity contribution < 1.29 is 5.11 Å². The third-order valence-electron chi connectivity index (χ3n) is 2.79. The molecule has 1 aromatic carbocycles. The molecule has 0 aliphatic heterocycles. The molecular formula is C16H20BrN3O. The zero-order chi connectivity index (χ0) is 16.0. The molecule has 1 aromatic rings. The largest absolute Gasteiger partial charge is 0.506 e. The summed E-state index contributed by atoms with van der Waals surface area (Å²) in [6.07, 6.45) is 4.77. The number of phenolic OH excluding ortho intramolecular Hbond substituents is 1. The minimum absolute atomic E-state index is 0.0250. The van der Waals surface area contributed by atoms with Gasteiger partial charge in [-0.1, -0.05) is 33.4 Å². The van der Waals surface area contributed by atoms with Gasteiger partial charge in [-0.15, -0.1) is 0 Å². The predicted octanol–water partition coefficient (Wildman–Crippen LogP) is 4.10. The summed E-state index contributed by atoms with van der Waals surface area (Å²) in [5.74, 6) is 0.626. The summed E-state index contributed by atoms with van der Waals surface area (Å²) < 4.78 is 0.639. The minimum Gasteiger partial charge on any atom is -0.506 e. The lowest BCUT2D eigenvalue weighted by Gasteiger charge is -2.20. The lowest BCUT2D eigenvalue weighted by atomic mass is 9.86.